The van der Waals surface area contributed by atoms with Crippen LogP contribution in [0.2, 0.25) is 0 Å². The summed E-state index contributed by atoms with van der Waals surface area (Å²) in [6, 6.07) is 0. The van der Waals surface area contributed by atoms with E-state index < -0.39 is 11.9 Å². The highest BCUT2D eigenvalue weighted by molar-refractivity contribution is 6.14. The molecule has 0 saturated carbocycles. The third-order valence-corrected chi connectivity index (χ3v) is 3.41. The van der Waals surface area contributed by atoms with Crippen LogP contribution in [0.5, 0.6) is 0 Å². The number of esters is 2. The Labute approximate surface area is 120 Å². The first-order valence-electron chi connectivity index (χ1n) is 6.82. The molecular formula is C16H22O4. The van der Waals surface area contributed by atoms with Gasteiger partial charge in [-0.1, -0.05) is 50.1 Å². The molecule has 0 fully saturated rings. The van der Waals surface area contributed by atoms with Crippen molar-refractivity contribution < 1.29 is 19.1 Å². The number of ether oxygens (including phenoxy) is 2. The minimum atomic E-state index is -0.657. The van der Waals surface area contributed by atoms with E-state index in [-0.39, 0.29) is 11.0 Å². The molecular weight excluding hydrogens is 256 g/mol. The number of hydrogen-bond donors (Lipinski definition) is 0. The molecule has 4 heteroatoms. The van der Waals surface area contributed by atoms with E-state index in [0.717, 1.165) is 25.7 Å². The number of allylic oxidation sites excluding steroid dienone is 5. The second kappa shape index (κ2) is 7.68. The summed E-state index contributed by atoms with van der Waals surface area (Å²) >= 11 is 0. The first-order chi connectivity index (χ1) is 9.58. The summed E-state index contributed by atoms with van der Waals surface area (Å²) < 4.78 is 9.35. The lowest BCUT2D eigenvalue weighted by Gasteiger charge is -2.28. The highest BCUT2D eigenvalue weighted by atomic mass is 16.5. The van der Waals surface area contributed by atoms with Crippen LogP contribution in [0, 0.1) is 5.41 Å². The van der Waals surface area contributed by atoms with Crippen molar-refractivity contribution in [1.29, 1.82) is 0 Å². The maximum Gasteiger partial charge on any atom is 0.344 e. The van der Waals surface area contributed by atoms with E-state index in [1.54, 1.807) is 6.08 Å². The lowest BCUT2D eigenvalue weighted by atomic mass is 9.76. The zero-order chi connectivity index (χ0) is 15.0. The summed E-state index contributed by atoms with van der Waals surface area (Å²) in [6.07, 6.45) is 13.4. The van der Waals surface area contributed by atoms with E-state index in [1.807, 2.05) is 24.3 Å². The molecule has 110 valence electrons. The lowest BCUT2D eigenvalue weighted by Crippen LogP contribution is -2.23. The van der Waals surface area contributed by atoms with Crippen LogP contribution in [0.15, 0.2) is 36.0 Å². The van der Waals surface area contributed by atoms with Gasteiger partial charge in [0, 0.05) is 5.41 Å². The Hall–Kier alpha value is -1.84. The molecule has 20 heavy (non-hydrogen) atoms. The second-order valence-electron chi connectivity index (χ2n) is 4.87. The molecule has 1 aliphatic rings. The zero-order valence-electron chi connectivity index (χ0n) is 12.3. The summed E-state index contributed by atoms with van der Waals surface area (Å²) in [7, 11) is 2.52. The fourth-order valence-corrected chi connectivity index (χ4v) is 2.26. The molecule has 0 N–H and O–H groups in total. The van der Waals surface area contributed by atoms with Crippen LogP contribution in [-0.4, -0.2) is 26.2 Å². The van der Waals surface area contributed by atoms with E-state index in [9.17, 15) is 9.59 Å². The van der Waals surface area contributed by atoms with Gasteiger partial charge in [0.1, 0.15) is 5.57 Å². The zero-order valence-corrected chi connectivity index (χ0v) is 12.3. The molecule has 0 saturated heterocycles. The second-order valence-corrected chi connectivity index (χ2v) is 4.87. The highest BCUT2D eigenvalue weighted by Crippen LogP contribution is 2.36. The molecule has 0 bridgehead atoms. The van der Waals surface area contributed by atoms with Gasteiger partial charge in [-0.25, -0.2) is 9.59 Å². The van der Waals surface area contributed by atoms with Crippen LogP contribution in [0.25, 0.3) is 0 Å². The van der Waals surface area contributed by atoms with Gasteiger partial charge in [0.25, 0.3) is 0 Å². The lowest BCUT2D eigenvalue weighted by molar-refractivity contribution is -0.144. The topological polar surface area (TPSA) is 52.6 Å². The van der Waals surface area contributed by atoms with E-state index in [1.165, 1.54) is 14.2 Å². The molecule has 0 aliphatic heterocycles. The van der Waals surface area contributed by atoms with E-state index in [2.05, 4.69) is 16.4 Å². The van der Waals surface area contributed by atoms with Crippen molar-refractivity contribution in [2.75, 3.05) is 14.2 Å². The normalized spacial score (nSPS) is 20.4. The van der Waals surface area contributed by atoms with Gasteiger partial charge < -0.3 is 9.47 Å². The molecule has 0 heterocycles. The average Bonchev–Trinajstić information content (AvgIpc) is 2.50. The van der Waals surface area contributed by atoms with Gasteiger partial charge in [0.2, 0.25) is 0 Å². The molecule has 1 unspecified atom stereocenters. The highest BCUT2D eigenvalue weighted by Gasteiger charge is 2.29. The third-order valence-electron chi connectivity index (χ3n) is 3.41. The monoisotopic (exact) mass is 278 g/mol. The largest absolute Gasteiger partial charge is 0.465 e. The standard InChI is InChI=1S/C16H22O4/c1-4-5-9-16(10-7-6-8-11-16)12-13(14(17)19-2)15(18)20-3/h6-8,10,12H,4-5,9,11H2,1-3H3. The average molecular weight is 278 g/mol. The van der Waals surface area contributed by atoms with Gasteiger partial charge in [0.15, 0.2) is 0 Å². The Morgan fingerprint density at radius 2 is 1.85 bits per heavy atom. The van der Waals surface area contributed by atoms with Crippen molar-refractivity contribution in [3.05, 3.63) is 36.0 Å². The molecule has 1 atom stereocenters. The molecule has 4 nitrogen and oxygen atoms in total. The third kappa shape index (κ3) is 4.08. The van der Waals surface area contributed by atoms with Crippen molar-refractivity contribution in [2.45, 2.75) is 32.6 Å². The molecule has 0 aromatic rings. The van der Waals surface area contributed by atoms with Crippen molar-refractivity contribution in [3.8, 4) is 0 Å². The molecule has 0 radical (unpaired) electrons. The Morgan fingerprint density at radius 1 is 1.20 bits per heavy atom. The van der Waals surface area contributed by atoms with E-state index >= 15 is 0 Å². The summed E-state index contributed by atoms with van der Waals surface area (Å²) in [6.45, 7) is 2.11. The predicted octanol–water partition coefficient (Wildman–Crippen LogP) is 2.95. The molecule has 0 aromatic heterocycles. The Kier molecular flexibility index (Phi) is 6.22. The quantitative estimate of drug-likeness (QED) is 0.324. The Balaban J connectivity index is 3.13. The minimum absolute atomic E-state index is 0.0361. The summed E-state index contributed by atoms with van der Waals surface area (Å²) in [4.78, 5) is 23.5. The van der Waals surface area contributed by atoms with Gasteiger partial charge in [-0.2, -0.15) is 0 Å². The number of hydrogen-bond acceptors (Lipinski definition) is 4. The maximum atomic E-state index is 11.8. The van der Waals surface area contributed by atoms with Crippen LogP contribution in [0.1, 0.15) is 32.6 Å². The Morgan fingerprint density at radius 3 is 2.30 bits per heavy atom. The van der Waals surface area contributed by atoms with Gasteiger partial charge in [-0.15, -0.1) is 0 Å². The number of rotatable bonds is 6. The Bertz CT molecular complexity index is 427. The molecule has 1 aliphatic carbocycles. The van der Waals surface area contributed by atoms with Gasteiger partial charge in [0.05, 0.1) is 14.2 Å². The fraction of sp³-hybridized carbons (Fsp3) is 0.500. The molecule has 0 amide bonds. The number of carbonyl (C=O) groups is 2. The maximum absolute atomic E-state index is 11.8. The van der Waals surface area contributed by atoms with Crippen molar-refractivity contribution in [1.82, 2.24) is 0 Å². The SMILES string of the molecule is CCCCC1(C=C(C(=O)OC)C(=O)OC)C=CC=CC1. The number of methoxy groups -OCH3 is 2. The molecule has 1 rings (SSSR count). The predicted molar refractivity (Wildman–Crippen MR) is 77.0 cm³/mol. The van der Waals surface area contributed by atoms with Crippen LogP contribution in [0.3, 0.4) is 0 Å². The van der Waals surface area contributed by atoms with Crippen molar-refractivity contribution in [2.24, 2.45) is 5.41 Å². The minimum Gasteiger partial charge on any atom is -0.465 e. The first-order valence-corrected chi connectivity index (χ1v) is 6.82. The van der Waals surface area contributed by atoms with Crippen LogP contribution < -0.4 is 0 Å². The number of unbranched alkanes of at least 4 members (excludes halogenated alkanes) is 1. The molecule has 0 aromatic carbocycles. The number of carbonyl (C=O) groups excluding carboxylic acids is 2. The van der Waals surface area contributed by atoms with Crippen molar-refractivity contribution >= 4 is 11.9 Å². The van der Waals surface area contributed by atoms with Crippen LogP contribution in [0.4, 0.5) is 0 Å². The molecule has 0 spiro atoms. The van der Waals surface area contributed by atoms with Gasteiger partial charge in [-0.05, 0) is 12.8 Å². The van der Waals surface area contributed by atoms with Crippen molar-refractivity contribution in [3.63, 3.8) is 0 Å². The van der Waals surface area contributed by atoms with Crippen LogP contribution in [-0.2, 0) is 19.1 Å². The fourth-order valence-electron chi connectivity index (χ4n) is 2.26. The first kappa shape index (κ1) is 16.2. The van der Waals surface area contributed by atoms with Gasteiger partial charge >= 0.3 is 11.9 Å². The van der Waals surface area contributed by atoms with Gasteiger partial charge in [-0.3, -0.25) is 0 Å². The van der Waals surface area contributed by atoms with Crippen LogP contribution >= 0.6 is 0 Å². The smallest absolute Gasteiger partial charge is 0.344 e. The van der Waals surface area contributed by atoms with E-state index in [0.29, 0.717) is 0 Å². The van der Waals surface area contributed by atoms with E-state index in [4.69, 9.17) is 0 Å². The summed E-state index contributed by atoms with van der Waals surface area (Å²) in [5.41, 5.74) is -0.353. The summed E-state index contributed by atoms with van der Waals surface area (Å²) in [5, 5.41) is 0. The summed E-state index contributed by atoms with van der Waals surface area (Å²) in [5.74, 6) is -1.31.